The minimum atomic E-state index is -3.63. The van der Waals surface area contributed by atoms with E-state index in [0.29, 0.717) is 18.3 Å². The fraction of sp³-hybridized carbons (Fsp3) is 0.600. The van der Waals surface area contributed by atoms with Crippen LogP contribution in [-0.4, -0.2) is 32.8 Å². The van der Waals surface area contributed by atoms with E-state index in [1.807, 2.05) is 27.7 Å². The van der Waals surface area contributed by atoms with Gasteiger partial charge in [-0.1, -0.05) is 27.7 Å². The Morgan fingerprint density at radius 3 is 2.14 bits per heavy atom. The summed E-state index contributed by atoms with van der Waals surface area (Å²) in [5, 5.41) is 9.23. The molecule has 0 aliphatic carbocycles. The minimum Gasteiger partial charge on any atom is -0.493 e. The molecule has 0 bridgehead atoms. The molecule has 21 heavy (non-hydrogen) atoms. The van der Waals surface area contributed by atoms with E-state index < -0.39 is 16.1 Å². The van der Waals surface area contributed by atoms with Gasteiger partial charge in [0.1, 0.15) is 5.75 Å². The third-order valence-corrected chi connectivity index (χ3v) is 4.53. The summed E-state index contributed by atoms with van der Waals surface area (Å²) in [5.74, 6) is 1.06. The van der Waals surface area contributed by atoms with Crippen LogP contribution in [0.2, 0.25) is 0 Å². The van der Waals surface area contributed by atoms with Gasteiger partial charge in [-0.3, -0.25) is 0 Å². The number of hydrogen-bond donors (Lipinski definition) is 2. The molecule has 0 aliphatic heterocycles. The van der Waals surface area contributed by atoms with E-state index in [1.54, 1.807) is 12.1 Å². The molecule has 1 atom stereocenters. The van der Waals surface area contributed by atoms with Crippen LogP contribution in [-0.2, 0) is 10.0 Å². The first-order chi connectivity index (χ1) is 9.76. The number of benzene rings is 1. The molecule has 1 unspecified atom stereocenters. The lowest BCUT2D eigenvalue weighted by Crippen LogP contribution is -2.41. The molecule has 5 nitrogen and oxygen atoms in total. The van der Waals surface area contributed by atoms with Crippen LogP contribution >= 0.6 is 0 Å². The molecule has 1 aromatic carbocycles. The van der Waals surface area contributed by atoms with Gasteiger partial charge in [0.2, 0.25) is 10.0 Å². The first-order valence-corrected chi connectivity index (χ1v) is 8.60. The van der Waals surface area contributed by atoms with Gasteiger partial charge in [-0.2, -0.15) is 0 Å². The average molecular weight is 315 g/mol. The van der Waals surface area contributed by atoms with Gasteiger partial charge in [0.05, 0.1) is 18.1 Å². The predicted molar refractivity (Wildman–Crippen MR) is 82.8 cm³/mol. The molecular weight excluding hydrogens is 290 g/mol. The van der Waals surface area contributed by atoms with Crippen LogP contribution in [0.1, 0.15) is 27.7 Å². The van der Waals surface area contributed by atoms with Crippen LogP contribution in [0.5, 0.6) is 5.75 Å². The van der Waals surface area contributed by atoms with Crippen molar-refractivity contribution >= 4 is 10.0 Å². The van der Waals surface area contributed by atoms with E-state index in [2.05, 4.69) is 4.72 Å². The number of nitrogens with one attached hydrogen (secondary N) is 1. The lowest BCUT2D eigenvalue weighted by molar-refractivity contribution is 0.227. The standard InChI is InChI=1S/C15H25NO4S/c1-11(2)10-20-13-5-7-14(8-6-13)21(18,19)16-15(9-17)12(3)4/h5-8,11-12,15-17H,9-10H2,1-4H3. The topological polar surface area (TPSA) is 75.6 Å². The summed E-state index contributed by atoms with van der Waals surface area (Å²) >= 11 is 0. The normalized spacial score (nSPS) is 13.7. The quantitative estimate of drug-likeness (QED) is 0.769. The Balaban J connectivity index is 2.80. The molecule has 1 rings (SSSR count). The molecule has 120 valence electrons. The van der Waals surface area contributed by atoms with Gasteiger partial charge in [-0.05, 0) is 36.1 Å². The summed E-state index contributed by atoms with van der Waals surface area (Å²) in [6.07, 6.45) is 0. The van der Waals surface area contributed by atoms with Crippen LogP contribution in [0.15, 0.2) is 29.2 Å². The SMILES string of the molecule is CC(C)COc1ccc(S(=O)(=O)NC(CO)C(C)C)cc1. The average Bonchev–Trinajstić information content (AvgIpc) is 2.42. The van der Waals surface area contributed by atoms with E-state index in [1.165, 1.54) is 12.1 Å². The van der Waals surface area contributed by atoms with Gasteiger partial charge in [0.15, 0.2) is 0 Å². The van der Waals surface area contributed by atoms with Crippen molar-refractivity contribution in [3.63, 3.8) is 0 Å². The number of hydrogen-bond acceptors (Lipinski definition) is 4. The van der Waals surface area contributed by atoms with Gasteiger partial charge in [-0.15, -0.1) is 0 Å². The molecule has 0 spiro atoms. The summed E-state index contributed by atoms with van der Waals surface area (Å²) in [5.41, 5.74) is 0. The largest absolute Gasteiger partial charge is 0.493 e. The molecule has 0 saturated carbocycles. The fourth-order valence-electron chi connectivity index (χ4n) is 1.63. The second kappa shape index (κ2) is 7.77. The van der Waals surface area contributed by atoms with E-state index in [-0.39, 0.29) is 17.4 Å². The Morgan fingerprint density at radius 1 is 1.14 bits per heavy atom. The summed E-state index contributed by atoms with van der Waals surface area (Å²) in [4.78, 5) is 0.165. The van der Waals surface area contributed by atoms with E-state index >= 15 is 0 Å². The number of ether oxygens (including phenoxy) is 1. The van der Waals surface area contributed by atoms with Gasteiger partial charge in [0.25, 0.3) is 0 Å². The van der Waals surface area contributed by atoms with E-state index in [9.17, 15) is 13.5 Å². The van der Waals surface area contributed by atoms with Crippen LogP contribution < -0.4 is 9.46 Å². The molecule has 6 heteroatoms. The lowest BCUT2D eigenvalue weighted by Gasteiger charge is -2.20. The first-order valence-electron chi connectivity index (χ1n) is 7.12. The summed E-state index contributed by atoms with van der Waals surface area (Å²) in [6.45, 7) is 8.16. The highest BCUT2D eigenvalue weighted by atomic mass is 32.2. The molecule has 2 N–H and O–H groups in total. The zero-order chi connectivity index (χ0) is 16.0. The predicted octanol–water partition coefficient (Wildman–Crippen LogP) is 2.02. The van der Waals surface area contributed by atoms with Crippen LogP contribution in [0.4, 0.5) is 0 Å². The number of aliphatic hydroxyl groups is 1. The monoisotopic (exact) mass is 315 g/mol. The minimum absolute atomic E-state index is 0.0124. The highest BCUT2D eigenvalue weighted by Crippen LogP contribution is 2.17. The molecular formula is C15H25NO4S. The van der Waals surface area contributed by atoms with E-state index in [0.717, 1.165) is 0 Å². The Bertz CT molecular complexity index is 523. The third kappa shape index (κ3) is 5.65. The van der Waals surface area contributed by atoms with Crippen molar-refractivity contribution in [3.8, 4) is 5.75 Å². The maximum Gasteiger partial charge on any atom is 0.240 e. The van der Waals surface area contributed by atoms with Crippen molar-refractivity contribution in [1.29, 1.82) is 0 Å². The molecule has 0 saturated heterocycles. The maximum absolute atomic E-state index is 12.2. The van der Waals surface area contributed by atoms with Crippen molar-refractivity contribution in [2.24, 2.45) is 11.8 Å². The molecule has 0 amide bonds. The summed E-state index contributed by atoms with van der Waals surface area (Å²) in [7, 11) is -3.63. The highest BCUT2D eigenvalue weighted by Gasteiger charge is 2.21. The molecule has 0 radical (unpaired) electrons. The number of aliphatic hydroxyl groups excluding tert-OH is 1. The van der Waals surface area contributed by atoms with Gasteiger partial charge < -0.3 is 9.84 Å². The van der Waals surface area contributed by atoms with Crippen LogP contribution in [0, 0.1) is 11.8 Å². The van der Waals surface area contributed by atoms with E-state index in [4.69, 9.17) is 4.74 Å². The Morgan fingerprint density at radius 2 is 1.71 bits per heavy atom. The lowest BCUT2D eigenvalue weighted by atomic mass is 10.1. The first kappa shape index (κ1) is 17.9. The van der Waals surface area contributed by atoms with Gasteiger partial charge in [0, 0.05) is 6.04 Å². The highest BCUT2D eigenvalue weighted by molar-refractivity contribution is 7.89. The van der Waals surface area contributed by atoms with Gasteiger partial charge >= 0.3 is 0 Å². The van der Waals surface area contributed by atoms with Crippen molar-refractivity contribution in [1.82, 2.24) is 4.72 Å². The second-order valence-corrected chi connectivity index (χ2v) is 7.54. The molecule has 0 aliphatic rings. The maximum atomic E-state index is 12.2. The van der Waals surface area contributed by atoms with Crippen LogP contribution in [0.25, 0.3) is 0 Å². The number of rotatable bonds is 8. The third-order valence-electron chi connectivity index (χ3n) is 3.03. The molecule has 0 heterocycles. The molecule has 0 aromatic heterocycles. The van der Waals surface area contributed by atoms with Gasteiger partial charge in [-0.25, -0.2) is 13.1 Å². The van der Waals surface area contributed by atoms with Crippen LogP contribution in [0.3, 0.4) is 0 Å². The Kier molecular flexibility index (Phi) is 6.64. The van der Waals surface area contributed by atoms with Crippen molar-refractivity contribution in [2.75, 3.05) is 13.2 Å². The Hall–Kier alpha value is -1.11. The summed E-state index contributed by atoms with van der Waals surface area (Å²) in [6, 6.07) is 5.80. The smallest absolute Gasteiger partial charge is 0.240 e. The fourth-order valence-corrected chi connectivity index (χ4v) is 3.01. The number of sulfonamides is 1. The van der Waals surface area contributed by atoms with Crippen molar-refractivity contribution < 1.29 is 18.3 Å². The molecule has 1 aromatic rings. The molecule has 0 fully saturated rings. The zero-order valence-corrected chi connectivity index (χ0v) is 13.9. The van der Waals surface area contributed by atoms with Crippen molar-refractivity contribution in [3.05, 3.63) is 24.3 Å². The Labute approximate surface area is 127 Å². The van der Waals surface area contributed by atoms with Crippen molar-refractivity contribution in [2.45, 2.75) is 38.6 Å². The summed E-state index contributed by atoms with van der Waals surface area (Å²) < 4.78 is 32.5. The second-order valence-electron chi connectivity index (χ2n) is 5.83. The zero-order valence-electron chi connectivity index (χ0n) is 13.0.